The summed E-state index contributed by atoms with van der Waals surface area (Å²) in [6.07, 6.45) is 2.40. The van der Waals surface area contributed by atoms with Crippen molar-refractivity contribution < 1.29 is 43.8 Å². The minimum absolute atomic E-state index is 0.253. The zero-order valence-corrected chi connectivity index (χ0v) is 22.8. The number of unbranched alkanes of at least 4 members (excludes halogenated alkanes) is 4. The molecule has 39 heavy (non-hydrogen) atoms. The summed E-state index contributed by atoms with van der Waals surface area (Å²) in [5, 5.41) is 31.1. The van der Waals surface area contributed by atoms with Crippen molar-refractivity contribution in [2.24, 2.45) is 0 Å². The normalized spacial score (nSPS) is 23.0. The Labute approximate surface area is 229 Å². The van der Waals surface area contributed by atoms with Gasteiger partial charge in [-0.15, -0.1) is 0 Å². The molecule has 1 aliphatic rings. The highest BCUT2D eigenvalue weighted by Crippen LogP contribution is 2.26. The monoisotopic (exact) mass is 544 g/mol. The first-order valence-corrected chi connectivity index (χ1v) is 13.4. The number of methoxy groups -OCH3 is 2. The number of carbonyl (C=O) groups is 1. The Bertz CT molecular complexity index is 1030. The second-order valence-electron chi connectivity index (χ2n) is 9.53. The smallest absolute Gasteiger partial charge is 0.305 e. The summed E-state index contributed by atoms with van der Waals surface area (Å²) < 4.78 is 27.3. The molecule has 1 saturated heterocycles. The Morgan fingerprint density at radius 1 is 0.821 bits per heavy atom. The van der Waals surface area contributed by atoms with Gasteiger partial charge in [-0.05, 0) is 41.8 Å². The number of carbonyl (C=O) groups excluding carboxylic acids is 1. The van der Waals surface area contributed by atoms with Crippen molar-refractivity contribution in [2.75, 3.05) is 20.8 Å². The van der Waals surface area contributed by atoms with Crippen molar-refractivity contribution in [1.82, 2.24) is 0 Å². The number of hydrogen-bond donors (Lipinski definition) is 3. The molecule has 0 spiro atoms. The van der Waals surface area contributed by atoms with E-state index in [0.717, 1.165) is 43.2 Å². The quantitative estimate of drug-likeness (QED) is 0.184. The summed E-state index contributed by atoms with van der Waals surface area (Å²) in [5.41, 5.74) is 1.80. The Hall–Kier alpha value is -3.11. The molecular formula is C30H40O9. The Morgan fingerprint density at radius 2 is 1.46 bits per heavy atom. The van der Waals surface area contributed by atoms with Crippen LogP contribution in [0.3, 0.4) is 0 Å². The highest BCUT2D eigenvalue weighted by atomic mass is 16.7. The van der Waals surface area contributed by atoms with Gasteiger partial charge in [-0.1, -0.05) is 56.9 Å². The lowest BCUT2D eigenvalue weighted by Gasteiger charge is -2.39. The predicted molar refractivity (Wildman–Crippen MR) is 147 cm³/mol. The summed E-state index contributed by atoms with van der Waals surface area (Å²) in [4.78, 5) is 12.1. The summed E-state index contributed by atoms with van der Waals surface area (Å²) >= 11 is 0. The van der Waals surface area contributed by atoms with Gasteiger partial charge in [0.25, 0.3) is 0 Å². The second-order valence-corrected chi connectivity index (χ2v) is 9.53. The molecule has 0 aromatic heterocycles. The van der Waals surface area contributed by atoms with Crippen LogP contribution in [0.4, 0.5) is 0 Å². The number of aliphatic hydroxyl groups is 3. The van der Waals surface area contributed by atoms with E-state index in [2.05, 4.69) is 6.92 Å². The summed E-state index contributed by atoms with van der Waals surface area (Å²) in [6.45, 7) is 1.87. The minimum atomic E-state index is -1.52. The fraction of sp³-hybridized carbons (Fsp3) is 0.500. The van der Waals surface area contributed by atoms with E-state index in [0.29, 0.717) is 17.2 Å². The lowest BCUT2D eigenvalue weighted by molar-refractivity contribution is -0.278. The molecule has 0 radical (unpaired) electrons. The van der Waals surface area contributed by atoms with Crippen LogP contribution in [0.2, 0.25) is 0 Å². The van der Waals surface area contributed by atoms with Gasteiger partial charge in [0.15, 0.2) is 0 Å². The van der Waals surface area contributed by atoms with Crippen LogP contribution in [-0.4, -0.2) is 72.8 Å². The van der Waals surface area contributed by atoms with E-state index < -0.39 is 36.7 Å². The topological polar surface area (TPSA) is 124 Å². The van der Waals surface area contributed by atoms with Crippen LogP contribution in [0.15, 0.2) is 42.5 Å². The Kier molecular flexibility index (Phi) is 12.1. The number of hydrogen-bond acceptors (Lipinski definition) is 9. The second kappa shape index (κ2) is 15.5. The molecule has 0 bridgehead atoms. The molecule has 3 rings (SSSR count). The van der Waals surface area contributed by atoms with Crippen molar-refractivity contribution in [3.05, 3.63) is 53.6 Å². The average molecular weight is 545 g/mol. The van der Waals surface area contributed by atoms with Crippen LogP contribution in [0, 0.1) is 0 Å². The number of benzene rings is 2. The SMILES string of the molecule is CCCCCCCC(=O)OC[C@@H]1O[C@H](Oc2ccc(/C=C/c3cc(OC)cc(OC)c3)cc2)[C@@H](O)[C@H](O)[C@H]1O. The van der Waals surface area contributed by atoms with Gasteiger partial charge >= 0.3 is 5.97 Å². The van der Waals surface area contributed by atoms with E-state index >= 15 is 0 Å². The minimum Gasteiger partial charge on any atom is -0.497 e. The fourth-order valence-electron chi connectivity index (χ4n) is 4.18. The van der Waals surface area contributed by atoms with E-state index in [9.17, 15) is 20.1 Å². The van der Waals surface area contributed by atoms with E-state index in [-0.39, 0.29) is 13.0 Å². The largest absolute Gasteiger partial charge is 0.497 e. The zero-order valence-electron chi connectivity index (χ0n) is 22.8. The molecule has 5 atom stereocenters. The third kappa shape index (κ3) is 9.25. The van der Waals surface area contributed by atoms with Crippen LogP contribution in [0.25, 0.3) is 12.2 Å². The molecule has 2 aromatic carbocycles. The molecule has 0 unspecified atom stereocenters. The first-order chi connectivity index (χ1) is 18.8. The van der Waals surface area contributed by atoms with Crippen LogP contribution < -0.4 is 14.2 Å². The van der Waals surface area contributed by atoms with E-state index in [1.807, 2.05) is 36.4 Å². The number of aliphatic hydroxyl groups excluding tert-OH is 3. The van der Waals surface area contributed by atoms with Gasteiger partial charge in [-0.2, -0.15) is 0 Å². The van der Waals surface area contributed by atoms with Crippen molar-refractivity contribution in [1.29, 1.82) is 0 Å². The zero-order chi connectivity index (χ0) is 28.2. The van der Waals surface area contributed by atoms with Crippen LogP contribution in [0.5, 0.6) is 17.2 Å². The summed E-state index contributed by atoms with van der Waals surface area (Å²) in [5.74, 6) is 1.38. The van der Waals surface area contributed by atoms with E-state index in [1.165, 1.54) is 0 Å². The fourth-order valence-corrected chi connectivity index (χ4v) is 4.18. The molecule has 2 aromatic rings. The van der Waals surface area contributed by atoms with Crippen molar-refractivity contribution in [3.63, 3.8) is 0 Å². The van der Waals surface area contributed by atoms with Crippen LogP contribution in [-0.2, 0) is 14.3 Å². The molecule has 1 heterocycles. The average Bonchev–Trinajstić information content (AvgIpc) is 2.96. The highest BCUT2D eigenvalue weighted by Gasteiger charge is 2.45. The maximum atomic E-state index is 12.1. The van der Waals surface area contributed by atoms with Crippen LogP contribution in [0.1, 0.15) is 56.6 Å². The van der Waals surface area contributed by atoms with E-state index in [1.54, 1.807) is 32.4 Å². The lowest BCUT2D eigenvalue weighted by Crippen LogP contribution is -2.60. The van der Waals surface area contributed by atoms with Gasteiger partial charge in [-0.3, -0.25) is 4.79 Å². The molecule has 0 amide bonds. The highest BCUT2D eigenvalue weighted by molar-refractivity contribution is 5.71. The molecular weight excluding hydrogens is 504 g/mol. The number of rotatable bonds is 14. The first-order valence-electron chi connectivity index (χ1n) is 13.4. The van der Waals surface area contributed by atoms with Gasteiger partial charge in [-0.25, -0.2) is 0 Å². The van der Waals surface area contributed by atoms with Crippen LogP contribution >= 0.6 is 0 Å². The molecule has 0 aliphatic carbocycles. The van der Waals surface area contributed by atoms with E-state index in [4.69, 9.17) is 23.7 Å². The molecule has 9 heteroatoms. The third-order valence-electron chi connectivity index (χ3n) is 6.54. The summed E-state index contributed by atoms with van der Waals surface area (Å²) in [7, 11) is 3.19. The summed E-state index contributed by atoms with van der Waals surface area (Å²) in [6, 6.07) is 12.6. The molecule has 3 N–H and O–H groups in total. The molecule has 9 nitrogen and oxygen atoms in total. The lowest BCUT2D eigenvalue weighted by atomic mass is 9.99. The van der Waals surface area contributed by atoms with Gasteiger partial charge in [0, 0.05) is 12.5 Å². The maximum absolute atomic E-state index is 12.1. The first kappa shape index (κ1) is 30.4. The van der Waals surface area contributed by atoms with Gasteiger partial charge in [0.05, 0.1) is 14.2 Å². The predicted octanol–water partition coefficient (Wildman–Crippen LogP) is 3.96. The number of ether oxygens (including phenoxy) is 5. The van der Waals surface area contributed by atoms with Crippen molar-refractivity contribution in [3.8, 4) is 17.2 Å². The van der Waals surface area contributed by atoms with Gasteiger partial charge < -0.3 is 39.0 Å². The molecule has 214 valence electrons. The standard InChI is InChI=1S/C30H40O9/c1-4-5-6-7-8-9-26(31)37-19-25-27(32)28(33)29(34)30(39-25)38-22-14-12-20(13-15-22)10-11-21-16-23(35-2)18-24(17-21)36-3/h10-18,25,27-30,32-34H,4-9,19H2,1-3H3/b11-10+/t25-,27-,28+,29-,30-/m0/s1. The van der Waals surface area contributed by atoms with Crippen molar-refractivity contribution in [2.45, 2.75) is 76.2 Å². The van der Waals surface area contributed by atoms with Gasteiger partial charge in [0.2, 0.25) is 6.29 Å². The maximum Gasteiger partial charge on any atom is 0.305 e. The Balaban J connectivity index is 1.55. The van der Waals surface area contributed by atoms with Gasteiger partial charge in [0.1, 0.15) is 48.3 Å². The molecule has 0 saturated carbocycles. The third-order valence-corrected chi connectivity index (χ3v) is 6.54. The Morgan fingerprint density at radius 3 is 2.10 bits per heavy atom. The number of esters is 1. The van der Waals surface area contributed by atoms with Crippen molar-refractivity contribution >= 4 is 18.1 Å². The molecule has 1 aliphatic heterocycles. The molecule has 1 fully saturated rings.